The molecule has 40 heavy (non-hydrogen) atoms. The van der Waals surface area contributed by atoms with Gasteiger partial charge in [0.05, 0.1) is 24.8 Å². The molecular formula is C32H34N2O6. The third kappa shape index (κ3) is 5.39. The molecule has 1 fully saturated rings. The van der Waals surface area contributed by atoms with Crippen molar-refractivity contribution in [3.05, 3.63) is 88.8 Å². The molecule has 208 valence electrons. The lowest BCUT2D eigenvalue weighted by molar-refractivity contribution is -0.140. The molecule has 3 heterocycles. The highest BCUT2D eigenvalue weighted by atomic mass is 16.5. The number of carbonyl (C=O) groups is 2. The third-order valence-electron chi connectivity index (χ3n) is 7.15. The van der Waals surface area contributed by atoms with Crippen LogP contribution in [0.25, 0.3) is 5.76 Å². The molecule has 0 radical (unpaired) electrons. The van der Waals surface area contributed by atoms with Gasteiger partial charge in [0.2, 0.25) is 0 Å². The fourth-order valence-corrected chi connectivity index (χ4v) is 5.21. The van der Waals surface area contributed by atoms with E-state index >= 15 is 0 Å². The molecule has 1 N–H and O–H groups in total. The molecule has 3 aromatic rings. The predicted molar refractivity (Wildman–Crippen MR) is 150 cm³/mol. The molecule has 0 spiro atoms. The van der Waals surface area contributed by atoms with Gasteiger partial charge in [0.1, 0.15) is 17.6 Å². The Morgan fingerprint density at radius 1 is 1.05 bits per heavy atom. The summed E-state index contributed by atoms with van der Waals surface area (Å²) in [6, 6.07) is 13.5. The lowest BCUT2D eigenvalue weighted by Gasteiger charge is -2.26. The van der Waals surface area contributed by atoms with Crippen LogP contribution in [0.1, 0.15) is 61.9 Å². The fourth-order valence-electron chi connectivity index (χ4n) is 5.21. The molecular weight excluding hydrogens is 508 g/mol. The van der Waals surface area contributed by atoms with Crippen molar-refractivity contribution < 1.29 is 28.9 Å². The van der Waals surface area contributed by atoms with Crippen molar-refractivity contribution in [3.8, 4) is 17.2 Å². The van der Waals surface area contributed by atoms with Crippen LogP contribution >= 0.6 is 0 Å². The predicted octanol–water partition coefficient (Wildman–Crippen LogP) is 5.60. The van der Waals surface area contributed by atoms with Gasteiger partial charge >= 0.3 is 0 Å². The standard InChI is InChI=1S/C32H34N2O6/c1-4-6-15-39-26-10-7-22(18-27(26)38-5-2)29-28(30(35)23-8-9-25-24(17-23)16-20(3)40-25)31(36)32(37)34(29)19-21-11-13-33-14-12-21/h7-14,17-18,20,29,35H,4-6,15-16,19H2,1-3H3/b30-28-. The van der Waals surface area contributed by atoms with Crippen LogP contribution in [-0.2, 0) is 22.6 Å². The summed E-state index contributed by atoms with van der Waals surface area (Å²) in [6.07, 6.45) is 5.93. The molecule has 2 aliphatic heterocycles. The van der Waals surface area contributed by atoms with Gasteiger partial charge < -0.3 is 24.2 Å². The summed E-state index contributed by atoms with van der Waals surface area (Å²) in [4.78, 5) is 32.6. The van der Waals surface area contributed by atoms with Gasteiger partial charge in [-0.2, -0.15) is 0 Å². The van der Waals surface area contributed by atoms with Crippen LogP contribution in [0.3, 0.4) is 0 Å². The number of likely N-dealkylation sites (tertiary alicyclic amines) is 1. The Kier molecular flexibility index (Phi) is 8.05. The second-order valence-corrected chi connectivity index (χ2v) is 10.1. The zero-order valence-electron chi connectivity index (χ0n) is 23.1. The van der Waals surface area contributed by atoms with E-state index < -0.39 is 17.7 Å². The van der Waals surface area contributed by atoms with E-state index in [2.05, 4.69) is 11.9 Å². The minimum atomic E-state index is -0.833. The minimum absolute atomic E-state index is 0.0352. The molecule has 5 rings (SSSR count). The van der Waals surface area contributed by atoms with Crippen LogP contribution in [0, 0.1) is 0 Å². The highest BCUT2D eigenvalue weighted by Gasteiger charge is 2.46. The lowest BCUT2D eigenvalue weighted by atomic mass is 9.94. The van der Waals surface area contributed by atoms with Crippen molar-refractivity contribution in [1.82, 2.24) is 9.88 Å². The van der Waals surface area contributed by atoms with E-state index in [1.165, 1.54) is 4.90 Å². The number of aliphatic hydroxyl groups is 1. The quantitative estimate of drug-likeness (QED) is 0.154. The average Bonchev–Trinajstić information content (AvgIpc) is 3.45. The number of carbonyl (C=O) groups excluding carboxylic acids is 2. The van der Waals surface area contributed by atoms with E-state index in [-0.39, 0.29) is 24.0 Å². The Labute approximate surface area is 234 Å². The van der Waals surface area contributed by atoms with Crippen LogP contribution in [0.5, 0.6) is 17.2 Å². The monoisotopic (exact) mass is 542 g/mol. The van der Waals surface area contributed by atoms with Crippen LogP contribution in [0.15, 0.2) is 66.5 Å². The SMILES string of the molecule is CCCCOc1ccc(C2/C(=C(/O)c3ccc4c(c3)CC(C)O4)C(=O)C(=O)N2Cc2ccncc2)cc1OCC. The molecule has 0 aliphatic carbocycles. The fraction of sp³-hybridized carbons (Fsp3) is 0.344. The first kappa shape index (κ1) is 27.2. The molecule has 2 aliphatic rings. The summed E-state index contributed by atoms with van der Waals surface area (Å²) >= 11 is 0. The van der Waals surface area contributed by atoms with Gasteiger partial charge in [0.15, 0.2) is 11.5 Å². The van der Waals surface area contributed by atoms with Gasteiger partial charge in [0, 0.05) is 30.9 Å². The Balaban J connectivity index is 1.61. The van der Waals surface area contributed by atoms with Crippen LogP contribution in [0.4, 0.5) is 0 Å². The van der Waals surface area contributed by atoms with Crippen molar-refractivity contribution in [1.29, 1.82) is 0 Å². The maximum atomic E-state index is 13.5. The number of fused-ring (bicyclic) bond motifs is 1. The number of unbranched alkanes of at least 4 members (excludes halogenated alkanes) is 1. The van der Waals surface area contributed by atoms with Crippen LogP contribution < -0.4 is 14.2 Å². The Hall–Kier alpha value is -4.33. The molecule has 0 bridgehead atoms. The third-order valence-corrected chi connectivity index (χ3v) is 7.15. The zero-order valence-corrected chi connectivity index (χ0v) is 23.1. The van der Waals surface area contributed by atoms with E-state index in [1.807, 2.05) is 26.0 Å². The summed E-state index contributed by atoms with van der Waals surface area (Å²) in [5.74, 6) is 0.251. The molecule has 1 saturated heterocycles. The average molecular weight is 543 g/mol. The molecule has 0 saturated carbocycles. The van der Waals surface area contributed by atoms with Gasteiger partial charge in [-0.15, -0.1) is 0 Å². The smallest absolute Gasteiger partial charge is 0.295 e. The number of pyridine rings is 1. The Morgan fingerprint density at radius 2 is 1.85 bits per heavy atom. The van der Waals surface area contributed by atoms with Crippen molar-refractivity contribution in [2.45, 2.75) is 58.7 Å². The molecule has 8 heteroatoms. The van der Waals surface area contributed by atoms with Crippen molar-refractivity contribution >= 4 is 17.4 Å². The summed E-state index contributed by atoms with van der Waals surface area (Å²) in [5, 5.41) is 11.6. The summed E-state index contributed by atoms with van der Waals surface area (Å²) in [7, 11) is 0. The highest BCUT2D eigenvalue weighted by molar-refractivity contribution is 6.46. The molecule has 2 unspecified atom stereocenters. The van der Waals surface area contributed by atoms with Crippen LogP contribution in [-0.4, -0.2) is 46.0 Å². The molecule has 2 aromatic carbocycles. The Bertz CT molecular complexity index is 1430. The number of nitrogens with zero attached hydrogens (tertiary/aromatic N) is 2. The number of aromatic nitrogens is 1. The van der Waals surface area contributed by atoms with E-state index in [1.54, 1.807) is 48.8 Å². The number of hydrogen-bond donors (Lipinski definition) is 1. The second-order valence-electron chi connectivity index (χ2n) is 10.1. The summed E-state index contributed by atoms with van der Waals surface area (Å²) < 4.78 is 17.7. The number of ketones is 1. The minimum Gasteiger partial charge on any atom is -0.507 e. The van der Waals surface area contributed by atoms with E-state index in [9.17, 15) is 14.7 Å². The Morgan fingerprint density at radius 3 is 2.60 bits per heavy atom. The number of ether oxygens (including phenoxy) is 3. The van der Waals surface area contributed by atoms with E-state index in [4.69, 9.17) is 14.2 Å². The van der Waals surface area contributed by atoms with E-state index in [0.29, 0.717) is 42.3 Å². The first-order valence-electron chi connectivity index (χ1n) is 13.8. The molecule has 2 atom stereocenters. The first-order chi connectivity index (χ1) is 19.4. The number of amides is 1. The number of aliphatic hydroxyl groups excluding tert-OH is 1. The maximum Gasteiger partial charge on any atom is 0.295 e. The number of rotatable bonds is 10. The topological polar surface area (TPSA) is 98.2 Å². The molecule has 8 nitrogen and oxygen atoms in total. The number of Topliss-reactive ketones (excluding diaryl/α,β-unsaturated/α-hetero) is 1. The lowest BCUT2D eigenvalue weighted by Crippen LogP contribution is -2.29. The van der Waals surface area contributed by atoms with Gasteiger partial charge in [0.25, 0.3) is 11.7 Å². The highest BCUT2D eigenvalue weighted by Crippen LogP contribution is 2.43. The van der Waals surface area contributed by atoms with Crippen LogP contribution in [0.2, 0.25) is 0 Å². The summed E-state index contributed by atoms with van der Waals surface area (Å²) in [6.45, 7) is 7.10. The zero-order chi connectivity index (χ0) is 28.2. The number of hydrogen-bond acceptors (Lipinski definition) is 7. The maximum absolute atomic E-state index is 13.5. The van der Waals surface area contributed by atoms with Gasteiger partial charge in [-0.3, -0.25) is 14.6 Å². The van der Waals surface area contributed by atoms with Gasteiger partial charge in [-0.05, 0) is 79.4 Å². The van der Waals surface area contributed by atoms with Gasteiger partial charge in [-0.25, -0.2) is 0 Å². The number of benzene rings is 2. The largest absolute Gasteiger partial charge is 0.507 e. The molecule has 1 amide bonds. The summed E-state index contributed by atoms with van der Waals surface area (Å²) in [5.41, 5.74) is 2.90. The second kappa shape index (κ2) is 11.8. The normalized spacial score (nSPS) is 19.4. The molecule has 1 aromatic heterocycles. The van der Waals surface area contributed by atoms with E-state index in [0.717, 1.165) is 29.7 Å². The first-order valence-corrected chi connectivity index (χ1v) is 13.8. The van der Waals surface area contributed by atoms with Crippen molar-refractivity contribution in [2.75, 3.05) is 13.2 Å². The van der Waals surface area contributed by atoms with Crippen molar-refractivity contribution in [2.24, 2.45) is 0 Å². The van der Waals surface area contributed by atoms with Crippen molar-refractivity contribution in [3.63, 3.8) is 0 Å². The van der Waals surface area contributed by atoms with Gasteiger partial charge in [-0.1, -0.05) is 19.4 Å².